The third-order valence-electron chi connectivity index (χ3n) is 4.23. The zero-order chi connectivity index (χ0) is 19.8. The van der Waals surface area contributed by atoms with Crippen LogP contribution in [0.15, 0.2) is 0 Å². The number of carboxylic acid groups (broad SMARTS) is 1. The van der Waals surface area contributed by atoms with Gasteiger partial charge in [0, 0.05) is 6.42 Å². The molecule has 0 fully saturated rings. The van der Waals surface area contributed by atoms with Gasteiger partial charge in [-0.2, -0.15) is 0 Å². The van der Waals surface area contributed by atoms with Gasteiger partial charge in [-0.25, -0.2) is 4.79 Å². The highest BCUT2D eigenvalue weighted by atomic mass is 16.6. The fourth-order valence-electron chi connectivity index (χ4n) is 2.61. The number of hydrogen-bond acceptors (Lipinski definition) is 6. The number of nitrogens with two attached hydrogens (primary N) is 1. The Morgan fingerprint density at radius 2 is 1.46 bits per heavy atom. The molecule has 0 spiro atoms. The topological polar surface area (TPSA) is 127 Å². The highest BCUT2D eigenvalue weighted by molar-refractivity contribution is 5.88. The minimum atomic E-state index is -1.15. The lowest BCUT2D eigenvalue weighted by Gasteiger charge is -2.12. The Hall–Kier alpha value is -1.47. The molecule has 7 heteroatoms. The predicted molar refractivity (Wildman–Crippen MR) is 98.4 cm³/mol. The lowest BCUT2D eigenvalue weighted by Crippen LogP contribution is -2.34. The standard InChI is InChI=1S/C19H35NO6/c1-2-3-4-5-6-7-8-9-10-11-15(21)14-18(24)26-19(25)16(20)12-13-17(22)23/h15-16,21H,2-14,20H2,1H3,(H,22,23)/t15?,16-/m1/s1. The van der Waals surface area contributed by atoms with Crippen LogP contribution in [0, 0.1) is 0 Å². The average Bonchev–Trinajstić information content (AvgIpc) is 2.57. The number of carbonyl (C=O) groups is 3. The van der Waals surface area contributed by atoms with Crippen molar-refractivity contribution in [1.82, 2.24) is 0 Å². The molecule has 7 nitrogen and oxygen atoms in total. The summed E-state index contributed by atoms with van der Waals surface area (Å²) in [6, 6.07) is -1.15. The SMILES string of the molecule is CCCCCCCCCCCC(O)CC(=O)OC(=O)[C@H](N)CCC(=O)O. The zero-order valence-electron chi connectivity index (χ0n) is 16.0. The minimum Gasteiger partial charge on any atom is -0.481 e. The van der Waals surface area contributed by atoms with Crippen LogP contribution in [0.2, 0.25) is 0 Å². The number of carboxylic acids is 1. The maximum atomic E-state index is 11.6. The van der Waals surface area contributed by atoms with Gasteiger partial charge in [0.1, 0.15) is 6.04 Å². The van der Waals surface area contributed by atoms with Crippen molar-refractivity contribution >= 4 is 17.9 Å². The molecule has 0 rings (SSSR count). The Balaban J connectivity index is 3.69. The molecule has 0 aromatic heterocycles. The van der Waals surface area contributed by atoms with E-state index < -0.39 is 30.1 Å². The van der Waals surface area contributed by atoms with Crippen molar-refractivity contribution in [2.75, 3.05) is 0 Å². The summed E-state index contributed by atoms with van der Waals surface area (Å²) in [4.78, 5) is 33.5. The number of unbranched alkanes of at least 4 members (excludes halogenated alkanes) is 8. The maximum absolute atomic E-state index is 11.6. The number of carbonyl (C=O) groups excluding carboxylic acids is 2. The van der Waals surface area contributed by atoms with E-state index in [1.165, 1.54) is 38.5 Å². The van der Waals surface area contributed by atoms with E-state index >= 15 is 0 Å². The van der Waals surface area contributed by atoms with Crippen molar-refractivity contribution in [2.45, 2.75) is 103 Å². The van der Waals surface area contributed by atoms with Crippen LogP contribution in [-0.2, 0) is 19.1 Å². The first-order valence-corrected chi connectivity index (χ1v) is 9.76. The average molecular weight is 373 g/mol. The Morgan fingerprint density at radius 1 is 0.923 bits per heavy atom. The Bertz CT molecular complexity index is 413. The fraction of sp³-hybridized carbons (Fsp3) is 0.842. The second-order valence-corrected chi connectivity index (χ2v) is 6.81. The molecule has 0 saturated heterocycles. The molecular formula is C19H35NO6. The summed E-state index contributed by atoms with van der Waals surface area (Å²) < 4.78 is 4.55. The lowest BCUT2D eigenvalue weighted by atomic mass is 10.0. The van der Waals surface area contributed by atoms with E-state index in [-0.39, 0.29) is 19.3 Å². The summed E-state index contributed by atoms with van der Waals surface area (Å²) in [5, 5.41) is 18.3. The molecule has 0 aromatic carbocycles. The quantitative estimate of drug-likeness (QED) is 0.216. The molecule has 0 heterocycles. The second-order valence-electron chi connectivity index (χ2n) is 6.81. The highest BCUT2D eigenvalue weighted by Gasteiger charge is 2.21. The van der Waals surface area contributed by atoms with Crippen LogP contribution in [0.1, 0.15) is 90.4 Å². The van der Waals surface area contributed by atoms with Gasteiger partial charge in [-0.1, -0.05) is 64.7 Å². The highest BCUT2D eigenvalue weighted by Crippen LogP contribution is 2.12. The molecule has 0 saturated carbocycles. The van der Waals surface area contributed by atoms with E-state index in [2.05, 4.69) is 11.7 Å². The number of aliphatic hydroxyl groups excluding tert-OH is 1. The van der Waals surface area contributed by atoms with Gasteiger partial charge in [-0.15, -0.1) is 0 Å². The van der Waals surface area contributed by atoms with E-state index in [9.17, 15) is 19.5 Å². The Kier molecular flexibility index (Phi) is 14.9. The van der Waals surface area contributed by atoms with Crippen molar-refractivity contribution in [3.63, 3.8) is 0 Å². The summed E-state index contributed by atoms with van der Waals surface area (Å²) in [6.45, 7) is 2.20. The normalized spacial score (nSPS) is 13.2. The number of ether oxygens (including phenoxy) is 1. The smallest absolute Gasteiger partial charge is 0.330 e. The van der Waals surface area contributed by atoms with E-state index in [4.69, 9.17) is 10.8 Å². The number of hydrogen-bond donors (Lipinski definition) is 3. The summed E-state index contributed by atoms with van der Waals surface area (Å²) in [7, 11) is 0. The van der Waals surface area contributed by atoms with Crippen molar-refractivity contribution in [2.24, 2.45) is 5.73 Å². The molecule has 152 valence electrons. The molecule has 0 amide bonds. The van der Waals surface area contributed by atoms with Crippen molar-refractivity contribution in [1.29, 1.82) is 0 Å². The summed E-state index contributed by atoms with van der Waals surface area (Å²) in [5.41, 5.74) is 5.46. The van der Waals surface area contributed by atoms with Crippen LogP contribution in [0.25, 0.3) is 0 Å². The summed E-state index contributed by atoms with van der Waals surface area (Å²) in [5.74, 6) is -2.85. The minimum absolute atomic E-state index is 0.0948. The number of esters is 2. The van der Waals surface area contributed by atoms with Crippen molar-refractivity contribution in [3.05, 3.63) is 0 Å². The molecule has 0 bridgehead atoms. The molecular weight excluding hydrogens is 338 g/mol. The van der Waals surface area contributed by atoms with Crippen molar-refractivity contribution < 1.29 is 29.3 Å². The van der Waals surface area contributed by atoms with Crippen LogP contribution in [0.4, 0.5) is 0 Å². The molecule has 0 aliphatic rings. The molecule has 0 aromatic rings. The van der Waals surface area contributed by atoms with Crippen molar-refractivity contribution in [3.8, 4) is 0 Å². The second kappa shape index (κ2) is 15.8. The van der Waals surface area contributed by atoms with E-state index in [0.717, 1.165) is 19.3 Å². The van der Waals surface area contributed by atoms with Gasteiger partial charge in [-0.05, 0) is 12.8 Å². The first-order chi connectivity index (χ1) is 12.4. The van der Waals surface area contributed by atoms with E-state index in [1.54, 1.807) is 0 Å². The van der Waals surface area contributed by atoms with Crippen LogP contribution < -0.4 is 5.73 Å². The molecule has 26 heavy (non-hydrogen) atoms. The molecule has 0 aliphatic carbocycles. The number of rotatable bonds is 16. The predicted octanol–water partition coefficient (Wildman–Crippen LogP) is 2.92. The zero-order valence-corrected chi connectivity index (χ0v) is 16.0. The van der Waals surface area contributed by atoms with Gasteiger partial charge in [-0.3, -0.25) is 9.59 Å². The maximum Gasteiger partial charge on any atom is 0.330 e. The largest absolute Gasteiger partial charge is 0.481 e. The number of aliphatic carboxylic acids is 1. The lowest BCUT2D eigenvalue weighted by molar-refractivity contribution is -0.161. The first kappa shape index (κ1) is 24.5. The molecule has 0 aliphatic heterocycles. The van der Waals surface area contributed by atoms with Crippen LogP contribution in [-0.4, -0.2) is 40.3 Å². The van der Waals surface area contributed by atoms with Crippen LogP contribution >= 0.6 is 0 Å². The molecule has 4 N–H and O–H groups in total. The summed E-state index contributed by atoms with van der Waals surface area (Å²) >= 11 is 0. The van der Waals surface area contributed by atoms with Gasteiger partial charge >= 0.3 is 17.9 Å². The van der Waals surface area contributed by atoms with Gasteiger partial charge in [0.25, 0.3) is 0 Å². The fourth-order valence-corrected chi connectivity index (χ4v) is 2.61. The van der Waals surface area contributed by atoms with Gasteiger partial charge in [0.2, 0.25) is 0 Å². The Labute approximate surface area is 156 Å². The summed E-state index contributed by atoms with van der Waals surface area (Å²) in [6.07, 6.45) is 9.58. The van der Waals surface area contributed by atoms with E-state index in [1.807, 2.05) is 0 Å². The van der Waals surface area contributed by atoms with Gasteiger partial charge in [0.05, 0.1) is 12.5 Å². The molecule has 0 radical (unpaired) electrons. The van der Waals surface area contributed by atoms with Gasteiger partial charge in [0.15, 0.2) is 0 Å². The monoisotopic (exact) mass is 373 g/mol. The molecule has 1 unspecified atom stereocenters. The number of aliphatic hydroxyl groups is 1. The Morgan fingerprint density at radius 3 is 2.00 bits per heavy atom. The third kappa shape index (κ3) is 14.8. The van der Waals surface area contributed by atoms with E-state index in [0.29, 0.717) is 6.42 Å². The third-order valence-corrected chi connectivity index (χ3v) is 4.23. The van der Waals surface area contributed by atoms with Gasteiger partial charge < -0.3 is 20.7 Å². The van der Waals surface area contributed by atoms with Crippen LogP contribution in [0.5, 0.6) is 0 Å². The van der Waals surface area contributed by atoms with Crippen LogP contribution in [0.3, 0.4) is 0 Å². The first-order valence-electron chi connectivity index (χ1n) is 9.76. The molecule has 2 atom stereocenters.